The van der Waals surface area contributed by atoms with Crippen molar-refractivity contribution in [1.29, 1.82) is 0 Å². The third kappa shape index (κ3) is 2.43. The summed E-state index contributed by atoms with van der Waals surface area (Å²) in [5.41, 5.74) is 0.942. The van der Waals surface area contributed by atoms with Crippen LogP contribution < -0.4 is 5.32 Å². The maximum atomic E-state index is 13.5. The van der Waals surface area contributed by atoms with E-state index in [4.69, 9.17) is 12.2 Å². The van der Waals surface area contributed by atoms with Gasteiger partial charge in [-0.1, -0.05) is 13.0 Å². The highest BCUT2D eigenvalue weighted by Gasteiger charge is 2.10. The summed E-state index contributed by atoms with van der Waals surface area (Å²) in [6.07, 6.45) is 0.875. The van der Waals surface area contributed by atoms with Gasteiger partial charge < -0.3 is 14.9 Å². The number of aromatic amines is 1. The van der Waals surface area contributed by atoms with Gasteiger partial charge in [-0.3, -0.25) is 4.79 Å². The zero-order valence-corrected chi connectivity index (χ0v) is 10.8. The first-order valence-corrected chi connectivity index (χ1v) is 6.18. The second kappa shape index (κ2) is 5.30. The molecule has 0 atom stereocenters. The molecular weight excluding hydrogens is 253 g/mol. The highest BCUT2D eigenvalue weighted by atomic mass is 32.1. The Labute approximate surface area is 109 Å². The molecule has 1 heterocycles. The van der Waals surface area contributed by atoms with Gasteiger partial charge in [0.1, 0.15) is 17.9 Å². The van der Waals surface area contributed by atoms with Crippen molar-refractivity contribution in [3.8, 4) is 0 Å². The highest BCUT2D eigenvalue weighted by Crippen LogP contribution is 2.16. The molecule has 4 nitrogen and oxygen atoms in total. The van der Waals surface area contributed by atoms with E-state index in [1.54, 1.807) is 16.7 Å². The van der Waals surface area contributed by atoms with Crippen LogP contribution in [0.5, 0.6) is 0 Å². The first kappa shape index (κ1) is 12.8. The molecule has 0 aliphatic carbocycles. The molecule has 1 aromatic heterocycles. The number of aromatic nitrogens is 2. The van der Waals surface area contributed by atoms with Crippen LogP contribution in [0.25, 0.3) is 11.0 Å². The molecule has 96 valence electrons. The summed E-state index contributed by atoms with van der Waals surface area (Å²) in [5.74, 6) is -0.496. The van der Waals surface area contributed by atoms with Crippen molar-refractivity contribution in [2.75, 3.05) is 6.54 Å². The first-order valence-electron chi connectivity index (χ1n) is 5.77. The summed E-state index contributed by atoms with van der Waals surface area (Å²) in [6.45, 7) is 2.71. The fourth-order valence-electron chi connectivity index (χ4n) is 1.77. The largest absolute Gasteiger partial charge is 0.355 e. The van der Waals surface area contributed by atoms with Gasteiger partial charge in [-0.15, -0.1) is 0 Å². The SMILES string of the molecule is CCCNC(=O)Cn1c(=S)[nH]c2c(F)cccc21. The van der Waals surface area contributed by atoms with Crippen LogP contribution in [0.2, 0.25) is 0 Å². The van der Waals surface area contributed by atoms with Gasteiger partial charge in [-0.25, -0.2) is 4.39 Å². The maximum Gasteiger partial charge on any atom is 0.240 e. The predicted molar refractivity (Wildman–Crippen MR) is 70.4 cm³/mol. The van der Waals surface area contributed by atoms with Gasteiger partial charge in [0.25, 0.3) is 0 Å². The molecule has 0 radical (unpaired) electrons. The van der Waals surface area contributed by atoms with Crippen LogP contribution in [0, 0.1) is 10.6 Å². The summed E-state index contributed by atoms with van der Waals surface area (Å²) < 4.78 is 15.5. The monoisotopic (exact) mass is 267 g/mol. The van der Waals surface area contributed by atoms with E-state index in [9.17, 15) is 9.18 Å². The predicted octanol–water partition coefficient (Wildman–Crippen LogP) is 2.36. The number of rotatable bonds is 4. The Balaban J connectivity index is 2.34. The van der Waals surface area contributed by atoms with E-state index in [0.717, 1.165) is 6.42 Å². The number of carbonyl (C=O) groups excluding carboxylic acids is 1. The van der Waals surface area contributed by atoms with E-state index in [-0.39, 0.29) is 18.3 Å². The number of halogens is 1. The smallest absolute Gasteiger partial charge is 0.240 e. The zero-order chi connectivity index (χ0) is 13.1. The highest BCUT2D eigenvalue weighted by molar-refractivity contribution is 7.71. The van der Waals surface area contributed by atoms with Gasteiger partial charge in [0.05, 0.1) is 5.52 Å². The topological polar surface area (TPSA) is 49.8 Å². The van der Waals surface area contributed by atoms with Crippen LogP contribution in [-0.2, 0) is 11.3 Å². The van der Waals surface area contributed by atoms with E-state index < -0.39 is 0 Å². The number of carbonyl (C=O) groups is 1. The van der Waals surface area contributed by atoms with E-state index in [0.29, 0.717) is 22.3 Å². The van der Waals surface area contributed by atoms with Crippen LogP contribution in [-0.4, -0.2) is 22.0 Å². The van der Waals surface area contributed by atoms with E-state index in [1.165, 1.54) is 6.07 Å². The number of nitrogens with zero attached hydrogens (tertiary/aromatic N) is 1. The minimum absolute atomic E-state index is 0.0995. The number of hydrogen-bond donors (Lipinski definition) is 2. The molecule has 0 aliphatic rings. The van der Waals surface area contributed by atoms with Crippen LogP contribution in [0.1, 0.15) is 13.3 Å². The summed E-state index contributed by atoms with van der Waals surface area (Å²) in [4.78, 5) is 14.4. The third-order valence-electron chi connectivity index (χ3n) is 2.63. The fraction of sp³-hybridized carbons (Fsp3) is 0.333. The van der Waals surface area contributed by atoms with Gasteiger partial charge in [0.15, 0.2) is 4.77 Å². The second-order valence-corrected chi connectivity index (χ2v) is 4.39. The molecule has 1 aromatic carbocycles. The van der Waals surface area contributed by atoms with Gasteiger partial charge in [0, 0.05) is 6.54 Å². The molecular formula is C12H14FN3OS. The van der Waals surface area contributed by atoms with Crippen LogP contribution in [0.15, 0.2) is 18.2 Å². The van der Waals surface area contributed by atoms with Crippen molar-refractivity contribution < 1.29 is 9.18 Å². The van der Waals surface area contributed by atoms with Gasteiger partial charge in [-0.2, -0.15) is 0 Å². The molecule has 0 saturated carbocycles. The summed E-state index contributed by atoms with van der Waals surface area (Å²) in [6, 6.07) is 4.69. The number of para-hydroxylation sites is 1. The average molecular weight is 267 g/mol. The van der Waals surface area contributed by atoms with Crippen molar-refractivity contribution in [3.63, 3.8) is 0 Å². The first-order chi connectivity index (χ1) is 8.63. The Morgan fingerprint density at radius 3 is 3.06 bits per heavy atom. The standard InChI is InChI=1S/C12H14FN3OS/c1-2-6-14-10(17)7-16-9-5-3-4-8(13)11(9)15-12(16)18/h3-5H,2,6-7H2,1H3,(H,14,17)(H,15,18). The van der Waals surface area contributed by atoms with E-state index >= 15 is 0 Å². The zero-order valence-electron chi connectivity index (χ0n) is 10.00. The molecule has 0 saturated heterocycles. The summed E-state index contributed by atoms with van der Waals surface area (Å²) in [5, 5.41) is 2.76. The molecule has 0 bridgehead atoms. The summed E-state index contributed by atoms with van der Waals surface area (Å²) >= 11 is 5.10. The number of amides is 1. The Morgan fingerprint density at radius 2 is 2.33 bits per heavy atom. The van der Waals surface area contributed by atoms with Crippen molar-refractivity contribution >= 4 is 29.2 Å². The minimum Gasteiger partial charge on any atom is -0.355 e. The molecule has 0 fully saturated rings. The number of hydrogen-bond acceptors (Lipinski definition) is 2. The molecule has 2 N–H and O–H groups in total. The molecule has 6 heteroatoms. The number of H-pyrrole nitrogens is 1. The second-order valence-electron chi connectivity index (χ2n) is 4.00. The Bertz CT molecular complexity index is 632. The lowest BCUT2D eigenvalue weighted by molar-refractivity contribution is -0.121. The molecule has 0 spiro atoms. The molecule has 1 amide bonds. The quantitative estimate of drug-likeness (QED) is 0.836. The Morgan fingerprint density at radius 1 is 1.56 bits per heavy atom. The fourth-order valence-corrected chi connectivity index (χ4v) is 2.03. The van der Waals surface area contributed by atoms with E-state index in [1.807, 2.05) is 6.92 Å². The molecule has 2 rings (SSSR count). The van der Waals surface area contributed by atoms with Crippen molar-refractivity contribution in [1.82, 2.24) is 14.9 Å². The van der Waals surface area contributed by atoms with Crippen LogP contribution in [0.4, 0.5) is 4.39 Å². The summed E-state index contributed by atoms with van der Waals surface area (Å²) in [7, 11) is 0. The molecule has 0 aliphatic heterocycles. The number of imidazole rings is 1. The lowest BCUT2D eigenvalue weighted by atomic mass is 10.3. The third-order valence-corrected chi connectivity index (χ3v) is 2.96. The lowest BCUT2D eigenvalue weighted by Crippen LogP contribution is -2.28. The number of fused-ring (bicyclic) bond motifs is 1. The van der Waals surface area contributed by atoms with Crippen molar-refractivity contribution in [2.45, 2.75) is 19.9 Å². The maximum absolute atomic E-state index is 13.5. The van der Waals surface area contributed by atoms with Crippen LogP contribution >= 0.6 is 12.2 Å². The van der Waals surface area contributed by atoms with E-state index in [2.05, 4.69) is 10.3 Å². The minimum atomic E-state index is -0.369. The number of benzene rings is 1. The Hall–Kier alpha value is -1.69. The van der Waals surface area contributed by atoms with Gasteiger partial charge in [-0.05, 0) is 30.8 Å². The average Bonchev–Trinajstić information content (AvgIpc) is 2.66. The molecule has 2 aromatic rings. The molecule has 18 heavy (non-hydrogen) atoms. The van der Waals surface area contributed by atoms with Gasteiger partial charge in [0.2, 0.25) is 5.91 Å². The normalized spacial score (nSPS) is 10.8. The lowest BCUT2D eigenvalue weighted by Gasteiger charge is -2.05. The van der Waals surface area contributed by atoms with Crippen molar-refractivity contribution in [2.24, 2.45) is 0 Å². The van der Waals surface area contributed by atoms with Crippen molar-refractivity contribution in [3.05, 3.63) is 28.8 Å². The Kier molecular flexibility index (Phi) is 3.76. The van der Waals surface area contributed by atoms with Gasteiger partial charge >= 0.3 is 0 Å². The number of nitrogens with one attached hydrogen (secondary N) is 2. The van der Waals surface area contributed by atoms with Crippen LogP contribution in [0.3, 0.4) is 0 Å². The molecule has 0 unspecified atom stereocenters.